The third-order valence-corrected chi connectivity index (χ3v) is 5.22. The number of carbonyl (C=O) groups is 3. The van der Waals surface area contributed by atoms with Crippen molar-refractivity contribution in [3.8, 4) is 0 Å². The van der Waals surface area contributed by atoms with Crippen LogP contribution in [0.3, 0.4) is 0 Å². The topological polar surface area (TPSA) is 75.7 Å². The van der Waals surface area contributed by atoms with Crippen molar-refractivity contribution in [2.24, 2.45) is 0 Å². The van der Waals surface area contributed by atoms with Gasteiger partial charge in [-0.05, 0) is 42.8 Å². The number of amides is 2. The molecule has 9 heteroatoms. The Morgan fingerprint density at radius 1 is 1.11 bits per heavy atom. The Bertz CT molecular complexity index is 824. The van der Waals surface area contributed by atoms with Crippen molar-refractivity contribution in [1.82, 2.24) is 10.2 Å². The van der Waals surface area contributed by atoms with Gasteiger partial charge in [-0.3, -0.25) is 14.4 Å². The summed E-state index contributed by atoms with van der Waals surface area (Å²) in [6.45, 7) is 0.416. The van der Waals surface area contributed by atoms with Crippen LogP contribution in [0.15, 0.2) is 36.4 Å². The molecule has 0 bridgehead atoms. The molecule has 0 aliphatic rings. The zero-order chi connectivity index (χ0) is 20.5. The van der Waals surface area contributed by atoms with E-state index < -0.39 is 5.97 Å². The Hall–Kier alpha value is -2.09. The number of halogens is 2. The van der Waals surface area contributed by atoms with Crippen molar-refractivity contribution in [2.75, 3.05) is 20.2 Å². The summed E-state index contributed by atoms with van der Waals surface area (Å²) in [5.74, 6) is -1.02. The maximum Gasteiger partial charge on any atom is 0.306 e. The fourth-order valence-corrected chi connectivity index (χ4v) is 3.49. The van der Waals surface area contributed by atoms with E-state index in [9.17, 15) is 14.4 Å². The highest BCUT2D eigenvalue weighted by Gasteiger charge is 2.13. The number of esters is 1. The highest BCUT2D eigenvalue weighted by molar-refractivity contribution is 7.16. The molecule has 0 atom stereocenters. The monoisotopic (exact) mass is 442 g/mol. The average Bonchev–Trinajstić information content (AvgIpc) is 3.08. The van der Waals surface area contributed by atoms with Gasteiger partial charge in [0.15, 0.2) is 6.61 Å². The van der Waals surface area contributed by atoms with Crippen LogP contribution in [-0.2, 0) is 20.9 Å². The molecule has 2 amide bonds. The molecule has 1 N–H and O–H groups in total. The highest BCUT2D eigenvalue weighted by Crippen LogP contribution is 2.22. The molecule has 0 fully saturated rings. The predicted octanol–water partition coefficient (Wildman–Crippen LogP) is 3.77. The molecule has 0 aliphatic carbocycles. The summed E-state index contributed by atoms with van der Waals surface area (Å²) < 4.78 is 5.65. The van der Waals surface area contributed by atoms with E-state index in [0.29, 0.717) is 34.4 Å². The number of ether oxygens (including phenoxy) is 1. The molecule has 1 aromatic carbocycles. The fourth-order valence-electron chi connectivity index (χ4n) is 2.22. The molecule has 1 heterocycles. The number of carbonyl (C=O) groups excluding carboxylic acids is 3. The normalized spacial score (nSPS) is 10.4. The number of thiophene rings is 1. The number of rotatable bonds is 9. The first-order valence-electron chi connectivity index (χ1n) is 8.52. The molecular weight excluding hydrogens is 423 g/mol. The Kier molecular flexibility index (Phi) is 8.76. The van der Waals surface area contributed by atoms with Crippen molar-refractivity contribution in [1.29, 1.82) is 0 Å². The molecule has 6 nitrogen and oxygen atoms in total. The second-order valence-electron chi connectivity index (χ2n) is 5.98. The molecule has 0 aliphatic heterocycles. The van der Waals surface area contributed by atoms with Gasteiger partial charge in [0.2, 0.25) is 0 Å². The first-order chi connectivity index (χ1) is 13.3. The molecule has 0 unspecified atom stereocenters. The van der Waals surface area contributed by atoms with Gasteiger partial charge in [-0.15, -0.1) is 11.3 Å². The van der Waals surface area contributed by atoms with Crippen LogP contribution in [0.2, 0.25) is 9.36 Å². The van der Waals surface area contributed by atoms with Crippen molar-refractivity contribution in [3.05, 3.63) is 56.2 Å². The van der Waals surface area contributed by atoms with Gasteiger partial charge in [0.1, 0.15) is 0 Å². The summed E-state index contributed by atoms with van der Waals surface area (Å²) >= 11 is 13.0. The zero-order valence-corrected chi connectivity index (χ0v) is 17.6. The van der Waals surface area contributed by atoms with Gasteiger partial charge in [-0.1, -0.05) is 23.2 Å². The lowest BCUT2D eigenvalue weighted by molar-refractivity contribution is -0.151. The van der Waals surface area contributed by atoms with Crippen LogP contribution in [0.4, 0.5) is 0 Å². The van der Waals surface area contributed by atoms with Crippen molar-refractivity contribution in [2.45, 2.75) is 19.4 Å². The van der Waals surface area contributed by atoms with E-state index in [4.69, 9.17) is 27.9 Å². The quantitative estimate of drug-likeness (QED) is 0.473. The SMILES string of the molecule is CN(Cc1ccc(Cl)s1)C(=O)COC(=O)CCCNC(=O)c1ccc(Cl)cc1. The van der Waals surface area contributed by atoms with Crippen LogP contribution in [0, 0.1) is 0 Å². The summed E-state index contributed by atoms with van der Waals surface area (Å²) in [4.78, 5) is 38.1. The first-order valence-corrected chi connectivity index (χ1v) is 10.1. The Balaban J connectivity index is 1.60. The lowest BCUT2D eigenvalue weighted by Gasteiger charge is -2.16. The van der Waals surface area contributed by atoms with Gasteiger partial charge < -0.3 is 15.0 Å². The van der Waals surface area contributed by atoms with Gasteiger partial charge in [-0.2, -0.15) is 0 Å². The number of hydrogen-bond donors (Lipinski definition) is 1. The lowest BCUT2D eigenvalue weighted by atomic mass is 10.2. The number of nitrogens with zero attached hydrogens (tertiary/aromatic N) is 1. The number of likely N-dealkylation sites (N-methyl/N-ethyl adjacent to an activating group) is 1. The minimum atomic E-state index is -0.485. The summed E-state index contributed by atoms with van der Waals surface area (Å²) in [7, 11) is 1.64. The maximum atomic E-state index is 12.0. The van der Waals surface area contributed by atoms with E-state index in [1.807, 2.05) is 6.07 Å². The van der Waals surface area contributed by atoms with Crippen LogP contribution in [0.25, 0.3) is 0 Å². The van der Waals surface area contributed by atoms with Crippen LogP contribution in [0.5, 0.6) is 0 Å². The second-order valence-corrected chi connectivity index (χ2v) is 8.22. The van der Waals surface area contributed by atoms with E-state index in [-0.39, 0.29) is 24.8 Å². The molecule has 1 aromatic heterocycles. The average molecular weight is 443 g/mol. The summed E-state index contributed by atoms with van der Waals surface area (Å²) in [5.41, 5.74) is 0.493. The molecule has 0 spiro atoms. The minimum absolute atomic E-state index is 0.110. The molecule has 0 saturated carbocycles. The van der Waals surface area contributed by atoms with Gasteiger partial charge in [0.25, 0.3) is 11.8 Å². The molecule has 2 aromatic rings. The van der Waals surface area contributed by atoms with E-state index in [1.54, 1.807) is 37.4 Å². The van der Waals surface area contributed by atoms with Crippen molar-refractivity contribution >= 4 is 52.3 Å². The standard InChI is InChI=1S/C19H20Cl2N2O4S/c1-23(11-15-8-9-16(21)28-15)17(24)12-27-18(25)3-2-10-22-19(26)13-4-6-14(20)7-5-13/h4-9H,2-3,10-12H2,1H3,(H,22,26). The van der Waals surface area contributed by atoms with Gasteiger partial charge in [0, 0.05) is 35.5 Å². The number of benzene rings is 1. The van der Waals surface area contributed by atoms with Crippen molar-refractivity contribution < 1.29 is 19.1 Å². The maximum absolute atomic E-state index is 12.0. The zero-order valence-electron chi connectivity index (χ0n) is 15.2. The summed E-state index contributed by atoms with van der Waals surface area (Å²) in [6.07, 6.45) is 0.522. The van der Waals surface area contributed by atoms with Gasteiger partial charge in [0.05, 0.1) is 10.9 Å². The Labute approximate surface area is 177 Å². The highest BCUT2D eigenvalue weighted by atomic mass is 35.5. The molecule has 0 radical (unpaired) electrons. The molecule has 0 saturated heterocycles. The first kappa shape index (κ1) is 22.2. The molecular formula is C19H20Cl2N2O4S. The van der Waals surface area contributed by atoms with E-state index >= 15 is 0 Å². The molecule has 28 heavy (non-hydrogen) atoms. The van der Waals surface area contributed by atoms with Gasteiger partial charge >= 0.3 is 5.97 Å². The van der Waals surface area contributed by atoms with E-state index in [1.165, 1.54) is 16.2 Å². The van der Waals surface area contributed by atoms with Gasteiger partial charge in [-0.25, -0.2) is 0 Å². The van der Waals surface area contributed by atoms with Crippen LogP contribution < -0.4 is 5.32 Å². The van der Waals surface area contributed by atoms with Crippen LogP contribution in [0.1, 0.15) is 28.1 Å². The van der Waals surface area contributed by atoms with E-state index in [2.05, 4.69) is 5.32 Å². The largest absolute Gasteiger partial charge is 0.456 e. The van der Waals surface area contributed by atoms with Crippen molar-refractivity contribution in [3.63, 3.8) is 0 Å². The summed E-state index contributed by atoms with van der Waals surface area (Å²) in [6, 6.07) is 10.1. The summed E-state index contributed by atoms with van der Waals surface area (Å²) in [5, 5.41) is 3.27. The second kappa shape index (κ2) is 11.0. The Morgan fingerprint density at radius 3 is 2.46 bits per heavy atom. The number of hydrogen-bond acceptors (Lipinski definition) is 5. The Morgan fingerprint density at radius 2 is 1.82 bits per heavy atom. The van der Waals surface area contributed by atoms with Crippen LogP contribution in [-0.4, -0.2) is 42.9 Å². The predicted molar refractivity (Wildman–Crippen MR) is 110 cm³/mol. The smallest absolute Gasteiger partial charge is 0.306 e. The lowest BCUT2D eigenvalue weighted by Crippen LogP contribution is -2.30. The fraction of sp³-hybridized carbons (Fsp3) is 0.316. The number of nitrogens with one attached hydrogen (secondary N) is 1. The minimum Gasteiger partial charge on any atom is -0.456 e. The van der Waals surface area contributed by atoms with Crippen LogP contribution >= 0.6 is 34.5 Å². The third-order valence-electron chi connectivity index (χ3n) is 3.75. The molecule has 2 rings (SSSR count). The van der Waals surface area contributed by atoms with E-state index in [0.717, 1.165) is 4.88 Å². The third kappa shape index (κ3) is 7.50. The molecule has 150 valence electrons.